The summed E-state index contributed by atoms with van der Waals surface area (Å²) in [4.78, 5) is 20.4. The van der Waals surface area contributed by atoms with Crippen LogP contribution in [0.2, 0.25) is 0 Å². The highest BCUT2D eigenvalue weighted by atomic mass is 127. The van der Waals surface area contributed by atoms with E-state index in [1.807, 2.05) is 14.1 Å². The van der Waals surface area contributed by atoms with Gasteiger partial charge in [-0.25, -0.2) is 0 Å². The molecule has 2 unspecified atom stereocenters. The summed E-state index contributed by atoms with van der Waals surface area (Å²) < 4.78 is 0. The Labute approximate surface area is 151 Å². The fraction of sp³-hybridized carbons (Fsp3) is 0.867. The van der Waals surface area contributed by atoms with Gasteiger partial charge >= 0.3 is 0 Å². The van der Waals surface area contributed by atoms with E-state index in [1.54, 1.807) is 4.90 Å². The van der Waals surface area contributed by atoms with Gasteiger partial charge in [0.2, 0.25) is 5.91 Å². The van der Waals surface area contributed by atoms with Gasteiger partial charge in [0.25, 0.3) is 0 Å². The zero-order chi connectivity index (χ0) is 15.8. The lowest BCUT2D eigenvalue weighted by Crippen LogP contribution is -2.43. The summed E-state index contributed by atoms with van der Waals surface area (Å²) in [5, 5.41) is 3.15. The molecule has 1 heterocycles. The van der Waals surface area contributed by atoms with E-state index in [0.717, 1.165) is 38.8 Å². The van der Waals surface area contributed by atoms with Gasteiger partial charge in [0.1, 0.15) is 0 Å². The highest BCUT2D eigenvalue weighted by Gasteiger charge is 2.30. The van der Waals surface area contributed by atoms with Crippen LogP contribution in [0, 0.1) is 0 Å². The third-order valence-corrected chi connectivity index (χ3v) is 3.98. The number of carbonyl (C=O) groups is 1. The minimum absolute atomic E-state index is 0. The summed E-state index contributed by atoms with van der Waals surface area (Å²) in [6, 6.07) is 0.411. The van der Waals surface area contributed by atoms with E-state index < -0.39 is 0 Å². The molecular formula is C15H32IN5O. The minimum atomic E-state index is 0. The number of aliphatic imine (C=N–C) groups is 1. The quantitative estimate of drug-likeness (QED) is 0.279. The van der Waals surface area contributed by atoms with Crippen LogP contribution in [-0.4, -0.2) is 67.5 Å². The Hall–Kier alpha value is -0.570. The second-order valence-corrected chi connectivity index (χ2v) is 6.00. The molecule has 0 aromatic rings. The molecule has 6 nitrogen and oxygen atoms in total. The summed E-state index contributed by atoms with van der Waals surface area (Å²) in [6.45, 7) is 6.82. The average molecular weight is 425 g/mol. The molecule has 0 aromatic carbocycles. The molecular weight excluding hydrogens is 393 g/mol. The first kappa shape index (κ1) is 21.4. The van der Waals surface area contributed by atoms with Crippen LogP contribution >= 0.6 is 24.0 Å². The number of nitrogens with zero attached hydrogens (tertiary/aromatic N) is 3. The van der Waals surface area contributed by atoms with E-state index in [1.165, 1.54) is 0 Å². The summed E-state index contributed by atoms with van der Waals surface area (Å²) in [6.07, 6.45) is 4.03. The van der Waals surface area contributed by atoms with Crippen molar-refractivity contribution < 1.29 is 4.79 Å². The van der Waals surface area contributed by atoms with Crippen molar-refractivity contribution in [3.8, 4) is 0 Å². The number of carbonyl (C=O) groups excluding carboxylic acids is 1. The van der Waals surface area contributed by atoms with Gasteiger partial charge in [-0.1, -0.05) is 6.92 Å². The van der Waals surface area contributed by atoms with Gasteiger partial charge in [-0.05, 0) is 39.2 Å². The predicted molar refractivity (Wildman–Crippen MR) is 103 cm³/mol. The Kier molecular flexibility index (Phi) is 10.8. The van der Waals surface area contributed by atoms with Crippen molar-refractivity contribution in [1.82, 2.24) is 15.1 Å². The lowest BCUT2D eigenvalue weighted by molar-refractivity contribution is -0.133. The number of nitrogens with two attached hydrogens (primary N) is 1. The summed E-state index contributed by atoms with van der Waals surface area (Å²) in [5.41, 5.74) is 5.82. The Morgan fingerprint density at radius 2 is 2.18 bits per heavy atom. The molecule has 7 heteroatoms. The van der Waals surface area contributed by atoms with Crippen LogP contribution < -0.4 is 11.1 Å². The maximum absolute atomic E-state index is 12.1. The first-order valence-electron chi connectivity index (χ1n) is 7.97. The fourth-order valence-electron chi connectivity index (χ4n) is 2.54. The van der Waals surface area contributed by atoms with E-state index in [-0.39, 0.29) is 35.9 Å². The fourth-order valence-corrected chi connectivity index (χ4v) is 2.54. The summed E-state index contributed by atoms with van der Waals surface area (Å²) in [7, 11) is 3.65. The molecule has 2 atom stereocenters. The number of likely N-dealkylation sites (N-methyl/N-ethyl adjacent to an activating group) is 1. The van der Waals surface area contributed by atoms with E-state index in [9.17, 15) is 4.79 Å². The lowest BCUT2D eigenvalue weighted by atomic mass is 10.2. The van der Waals surface area contributed by atoms with Crippen LogP contribution in [0.15, 0.2) is 4.99 Å². The Morgan fingerprint density at radius 1 is 1.50 bits per heavy atom. The number of guanidine groups is 1. The van der Waals surface area contributed by atoms with E-state index >= 15 is 0 Å². The van der Waals surface area contributed by atoms with Crippen LogP contribution in [0.4, 0.5) is 0 Å². The van der Waals surface area contributed by atoms with E-state index in [2.05, 4.69) is 29.1 Å². The van der Waals surface area contributed by atoms with Gasteiger partial charge in [-0.2, -0.15) is 0 Å². The molecule has 1 fully saturated rings. The molecule has 0 aromatic heterocycles. The first-order chi connectivity index (χ1) is 9.95. The van der Waals surface area contributed by atoms with Crippen molar-refractivity contribution in [2.24, 2.45) is 10.7 Å². The number of likely N-dealkylation sites (tertiary alicyclic amines) is 1. The van der Waals surface area contributed by atoms with E-state index in [0.29, 0.717) is 18.5 Å². The standard InChI is InChI=1S/C15H31N5O.HI/c1-5-12(2)18-15(16)17-9-7-11-20-10-6-8-13(20)14(21)19(3)4;/h12-13H,5-11H2,1-4H3,(H3,16,17,18);1H. The molecule has 22 heavy (non-hydrogen) atoms. The zero-order valence-corrected chi connectivity index (χ0v) is 16.7. The normalized spacial score (nSPS) is 20.4. The average Bonchev–Trinajstić information content (AvgIpc) is 2.90. The number of amides is 1. The van der Waals surface area contributed by atoms with Crippen LogP contribution in [0.1, 0.15) is 39.5 Å². The van der Waals surface area contributed by atoms with Gasteiger partial charge in [0, 0.05) is 33.2 Å². The molecule has 1 aliphatic rings. The van der Waals surface area contributed by atoms with Crippen LogP contribution in [0.5, 0.6) is 0 Å². The molecule has 1 saturated heterocycles. The van der Waals surface area contributed by atoms with Crippen molar-refractivity contribution in [2.45, 2.75) is 51.6 Å². The largest absolute Gasteiger partial charge is 0.370 e. The molecule has 0 bridgehead atoms. The van der Waals surface area contributed by atoms with Crippen LogP contribution in [0.25, 0.3) is 0 Å². The zero-order valence-electron chi connectivity index (χ0n) is 14.3. The molecule has 0 spiro atoms. The number of rotatable bonds is 7. The lowest BCUT2D eigenvalue weighted by Gasteiger charge is -2.25. The van der Waals surface area contributed by atoms with Crippen molar-refractivity contribution in [2.75, 3.05) is 33.7 Å². The van der Waals surface area contributed by atoms with Crippen molar-refractivity contribution in [3.63, 3.8) is 0 Å². The molecule has 130 valence electrons. The van der Waals surface area contributed by atoms with Crippen molar-refractivity contribution in [3.05, 3.63) is 0 Å². The number of hydrogen-bond donors (Lipinski definition) is 2. The van der Waals surface area contributed by atoms with Gasteiger partial charge in [-0.3, -0.25) is 14.7 Å². The minimum Gasteiger partial charge on any atom is -0.370 e. The SMILES string of the molecule is CCC(C)NC(N)=NCCCN1CCCC1C(=O)N(C)C.I. The second kappa shape index (κ2) is 11.0. The molecule has 0 saturated carbocycles. The highest BCUT2D eigenvalue weighted by Crippen LogP contribution is 2.18. The number of hydrogen-bond acceptors (Lipinski definition) is 3. The van der Waals surface area contributed by atoms with Gasteiger partial charge in [0.05, 0.1) is 6.04 Å². The Morgan fingerprint density at radius 3 is 2.77 bits per heavy atom. The molecule has 0 radical (unpaired) electrons. The molecule has 0 aliphatic carbocycles. The van der Waals surface area contributed by atoms with E-state index in [4.69, 9.17) is 5.73 Å². The monoisotopic (exact) mass is 425 g/mol. The third kappa shape index (κ3) is 7.13. The molecule has 1 amide bonds. The van der Waals surface area contributed by atoms with Crippen molar-refractivity contribution in [1.29, 1.82) is 0 Å². The predicted octanol–water partition coefficient (Wildman–Crippen LogP) is 1.25. The van der Waals surface area contributed by atoms with Crippen LogP contribution in [0.3, 0.4) is 0 Å². The maximum Gasteiger partial charge on any atom is 0.239 e. The third-order valence-electron chi connectivity index (χ3n) is 3.98. The van der Waals surface area contributed by atoms with Gasteiger partial charge in [0.15, 0.2) is 5.96 Å². The van der Waals surface area contributed by atoms with Crippen LogP contribution in [-0.2, 0) is 4.79 Å². The van der Waals surface area contributed by atoms with Gasteiger partial charge < -0.3 is 16.0 Å². The summed E-state index contributed by atoms with van der Waals surface area (Å²) in [5.74, 6) is 0.737. The number of halogens is 1. The topological polar surface area (TPSA) is 74.0 Å². The van der Waals surface area contributed by atoms with Gasteiger partial charge in [-0.15, -0.1) is 24.0 Å². The molecule has 3 N–H and O–H groups in total. The second-order valence-electron chi connectivity index (χ2n) is 6.00. The molecule has 1 rings (SSSR count). The highest BCUT2D eigenvalue weighted by molar-refractivity contribution is 14.0. The smallest absolute Gasteiger partial charge is 0.239 e. The number of nitrogens with one attached hydrogen (secondary N) is 1. The molecule has 1 aliphatic heterocycles. The Bertz CT molecular complexity index is 362. The summed E-state index contributed by atoms with van der Waals surface area (Å²) >= 11 is 0. The van der Waals surface area contributed by atoms with Crippen molar-refractivity contribution >= 4 is 35.8 Å². The Balaban J connectivity index is 0.00000441. The first-order valence-corrected chi connectivity index (χ1v) is 7.97. The maximum atomic E-state index is 12.1.